The molecule has 0 atom stereocenters. The average molecular weight is 480 g/mol. The number of benzene rings is 2. The third-order valence-corrected chi connectivity index (χ3v) is 5.72. The van der Waals surface area contributed by atoms with Gasteiger partial charge in [-0.1, -0.05) is 28.1 Å². The summed E-state index contributed by atoms with van der Waals surface area (Å²) in [7, 11) is 0. The number of hydrogen-bond acceptors (Lipinski definition) is 5. The maximum absolute atomic E-state index is 12.7. The minimum absolute atomic E-state index is 0.0248. The Hall–Kier alpha value is -3.26. The van der Waals surface area contributed by atoms with Gasteiger partial charge in [-0.25, -0.2) is 9.97 Å². The van der Waals surface area contributed by atoms with E-state index in [4.69, 9.17) is 0 Å². The Balaban J connectivity index is 1.41. The molecular weight excluding hydrogens is 458 g/mol. The molecule has 1 N–H and O–H groups in total. The van der Waals surface area contributed by atoms with E-state index in [1.54, 1.807) is 35.1 Å². The molecule has 3 aromatic rings. The topological polar surface area (TPSA) is 78.4 Å². The van der Waals surface area contributed by atoms with E-state index in [-0.39, 0.29) is 11.8 Å². The van der Waals surface area contributed by atoms with E-state index in [1.165, 1.54) is 0 Å². The highest BCUT2D eigenvalue weighted by molar-refractivity contribution is 9.10. The molecule has 0 aliphatic carbocycles. The number of nitrogens with one attached hydrogen (secondary N) is 1. The summed E-state index contributed by atoms with van der Waals surface area (Å²) in [5.41, 5.74) is 3.23. The third kappa shape index (κ3) is 5.08. The van der Waals surface area contributed by atoms with Crippen molar-refractivity contribution in [2.24, 2.45) is 0 Å². The van der Waals surface area contributed by atoms with Crippen LogP contribution in [0.3, 0.4) is 0 Å². The Kier molecular flexibility index (Phi) is 6.27. The van der Waals surface area contributed by atoms with E-state index in [0.29, 0.717) is 37.7 Å². The van der Waals surface area contributed by atoms with Crippen LogP contribution in [0.1, 0.15) is 17.3 Å². The molecule has 2 amide bonds. The van der Waals surface area contributed by atoms with Crippen molar-refractivity contribution in [2.75, 3.05) is 31.5 Å². The van der Waals surface area contributed by atoms with Crippen LogP contribution >= 0.6 is 15.9 Å². The highest BCUT2D eigenvalue weighted by Crippen LogP contribution is 2.22. The highest BCUT2D eigenvalue weighted by Gasteiger charge is 2.23. The fraction of sp³-hybridized carbons (Fsp3) is 0.217. The number of aromatic nitrogens is 2. The summed E-state index contributed by atoms with van der Waals surface area (Å²) in [4.78, 5) is 36.6. The minimum Gasteiger partial charge on any atom is -0.339 e. The Morgan fingerprint density at radius 3 is 2.19 bits per heavy atom. The summed E-state index contributed by atoms with van der Waals surface area (Å²) in [6.07, 6.45) is 1.71. The zero-order chi connectivity index (χ0) is 21.8. The van der Waals surface area contributed by atoms with Gasteiger partial charge in [-0.3, -0.25) is 9.59 Å². The Bertz CT molecular complexity index is 1080. The first kappa shape index (κ1) is 21.0. The predicted octanol–water partition coefficient (Wildman–Crippen LogP) is 3.95. The van der Waals surface area contributed by atoms with Gasteiger partial charge in [0.2, 0.25) is 11.9 Å². The zero-order valence-electron chi connectivity index (χ0n) is 17.1. The van der Waals surface area contributed by atoms with Gasteiger partial charge in [0, 0.05) is 60.6 Å². The van der Waals surface area contributed by atoms with Crippen molar-refractivity contribution in [2.45, 2.75) is 6.92 Å². The van der Waals surface area contributed by atoms with E-state index >= 15 is 0 Å². The zero-order valence-corrected chi connectivity index (χ0v) is 18.7. The number of hydrogen-bond donors (Lipinski definition) is 1. The van der Waals surface area contributed by atoms with Crippen molar-refractivity contribution < 1.29 is 9.59 Å². The molecule has 1 aromatic heterocycles. The minimum atomic E-state index is -0.0248. The van der Waals surface area contributed by atoms with Crippen LogP contribution in [0.4, 0.5) is 11.6 Å². The lowest BCUT2D eigenvalue weighted by Crippen LogP contribution is -2.50. The van der Waals surface area contributed by atoms with E-state index in [0.717, 1.165) is 21.4 Å². The number of halogens is 1. The molecule has 31 heavy (non-hydrogen) atoms. The molecule has 158 valence electrons. The van der Waals surface area contributed by atoms with Crippen molar-refractivity contribution in [3.8, 4) is 11.3 Å². The number of anilines is 2. The van der Waals surface area contributed by atoms with Gasteiger partial charge in [0.1, 0.15) is 0 Å². The molecule has 2 heterocycles. The first-order valence-electron chi connectivity index (χ1n) is 10.0. The average Bonchev–Trinajstić information content (AvgIpc) is 2.80. The fourth-order valence-electron chi connectivity index (χ4n) is 3.43. The Morgan fingerprint density at radius 2 is 1.55 bits per heavy atom. The standard InChI is InChI=1S/C23H22BrN5O2/c1-16(30)28-12-14-29(15-13-28)22(31)18-4-8-20(9-5-18)26-23-25-11-10-21(27-23)17-2-6-19(24)7-3-17/h2-11H,12-15H2,1H3,(H,25,26,27). The number of piperazine rings is 1. The molecule has 1 aliphatic rings. The third-order valence-electron chi connectivity index (χ3n) is 5.20. The maximum atomic E-state index is 12.7. The van der Waals surface area contributed by atoms with Crippen LogP contribution in [0, 0.1) is 0 Å². The second-order valence-electron chi connectivity index (χ2n) is 7.27. The highest BCUT2D eigenvalue weighted by atomic mass is 79.9. The van der Waals surface area contributed by atoms with Crippen LogP contribution in [0.25, 0.3) is 11.3 Å². The van der Waals surface area contributed by atoms with Gasteiger partial charge in [0.15, 0.2) is 0 Å². The number of nitrogens with zero attached hydrogens (tertiary/aromatic N) is 4. The maximum Gasteiger partial charge on any atom is 0.253 e. The molecule has 1 aliphatic heterocycles. The summed E-state index contributed by atoms with van der Waals surface area (Å²) >= 11 is 3.44. The second-order valence-corrected chi connectivity index (χ2v) is 8.19. The molecule has 1 fully saturated rings. The molecule has 0 spiro atoms. The van der Waals surface area contributed by atoms with E-state index in [2.05, 4.69) is 31.2 Å². The number of carbonyl (C=O) groups excluding carboxylic acids is 2. The molecule has 0 bridgehead atoms. The van der Waals surface area contributed by atoms with Gasteiger partial charge in [0.05, 0.1) is 5.69 Å². The van der Waals surface area contributed by atoms with E-state index < -0.39 is 0 Å². The Labute approximate surface area is 189 Å². The monoisotopic (exact) mass is 479 g/mol. The predicted molar refractivity (Wildman–Crippen MR) is 123 cm³/mol. The van der Waals surface area contributed by atoms with Crippen molar-refractivity contribution in [3.63, 3.8) is 0 Å². The molecule has 1 saturated heterocycles. The molecule has 0 unspecified atom stereocenters. The molecule has 8 heteroatoms. The van der Waals surface area contributed by atoms with Crippen molar-refractivity contribution in [1.29, 1.82) is 0 Å². The van der Waals surface area contributed by atoms with Gasteiger partial charge in [-0.15, -0.1) is 0 Å². The second kappa shape index (κ2) is 9.26. The molecule has 4 rings (SSSR count). The van der Waals surface area contributed by atoms with Crippen molar-refractivity contribution >= 4 is 39.4 Å². The molecule has 0 saturated carbocycles. The molecular formula is C23H22BrN5O2. The van der Waals surface area contributed by atoms with Gasteiger partial charge in [0.25, 0.3) is 5.91 Å². The summed E-state index contributed by atoms with van der Waals surface area (Å²) < 4.78 is 1.01. The summed E-state index contributed by atoms with van der Waals surface area (Å²) in [5, 5.41) is 3.19. The lowest BCUT2D eigenvalue weighted by molar-refractivity contribution is -0.130. The molecule has 2 aromatic carbocycles. The van der Waals surface area contributed by atoms with Gasteiger partial charge in [-0.05, 0) is 42.5 Å². The first-order chi connectivity index (χ1) is 15.0. The number of carbonyl (C=O) groups is 2. The fourth-order valence-corrected chi connectivity index (χ4v) is 3.70. The smallest absolute Gasteiger partial charge is 0.253 e. The lowest BCUT2D eigenvalue weighted by atomic mass is 10.1. The molecule has 7 nitrogen and oxygen atoms in total. The van der Waals surface area contributed by atoms with Crippen LogP contribution in [0.5, 0.6) is 0 Å². The quantitative estimate of drug-likeness (QED) is 0.612. The summed E-state index contributed by atoms with van der Waals surface area (Å²) in [6.45, 7) is 3.81. The first-order valence-corrected chi connectivity index (χ1v) is 10.8. The van der Waals surface area contributed by atoms with Gasteiger partial charge >= 0.3 is 0 Å². The number of amides is 2. The SMILES string of the molecule is CC(=O)N1CCN(C(=O)c2ccc(Nc3nccc(-c4ccc(Br)cc4)n3)cc2)CC1. The van der Waals surface area contributed by atoms with Gasteiger partial charge in [-0.2, -0.15) is 0 Å². The molecule has 0 radical (unpaired) electrons. The summed E-state index contributed by atoms with van der Waals surface area (Å²) in [5.74, 6) is 0.511. The van der Waals surface area contributed by atoms with Crippen LogP contribution in [0.2, 0.25) is 0 Å². The van der Waals surface area contributed by atoms with Crippen LogP contribution in [-0.4, -0.2) is 57.8 Å². The summed E-state index contributed by atoms with van der Waals surface area (Å²) in [6, 6.07) is 17.1. The van der Waals surface area contributed by atoms with Crippen LogP contribution < -0.4 is 5.32 Å². The van der Waals surface area contributed by atoms with E-state index in [9.17, 15) is 9.59 Å². The Morgan fingerprint density at radius 1 is 0.903 bits per heavy atom. The normalized spacial score (nSPS) is 13.7. The van der Waals surface area contributed by atoms with Gasteiger partial charge < -0.3 is 15.1 Å². The largest absolute Gasteiger partial charge is 0.339 e. The van der Waals surface area contributed by atoms with Crippen molar-refractivity contribution in [3.05, 3.63) is 70.8 Å². The van der Waals surface area contributed by atoms with E-state index in [1.807, 2.05) is 42.5 Å². The van der Waals surface area contributed by atoms with Crippen LogP contribution in [-0.2, 0) is 4.79 Å². The van der Waals surface area contributed by atoms with Crippen LogP contribution in [0.15, 0.2) is 65.3 Å². The van der Waals surface area contributed by atoms with Crippen molar-refractivity contribution in [1.82, 2.24) is 19.8 Å². The lowest BCUT2D eigenvalue weighted by Gasteiger charge is -2.34. The number of rotatable bonds is 4.